The van der Waals surface area contributed by atoms with Gasteiger partial charge in [-0.05, 0) is 21.5 Å². The second-order valence-corrected chi connectivity index (χ2v) is 3.06. The van der Waals surface area contributed by atoms with Gasteiger partial charge in [0.05, 0.1) is 5.56 Å². The predicted molar refractivity (Wildman–Crippen MR) is 44.7 cm³/mol. The van der Waals surface area contributed by atoms with Gasteiger partial charge in [0.1, 0.15) is 4.60 Å². The van der Waals surface area contributed by atoms with E-state index in [0.29, 0.717) is 0 Å². The number of alkyl halides is 2. The molecule has 0 fully saturated rings. The van der Waals surface area contributed by atoms with Crippen molar-refractivity contribution in [3.05, 3.63) is 27.7 Å². The van der Waals surface area contributed by atoms with Crippen LogP contribution in [0.3, 0.4) is 0 Å². The first-order chi connectivity index (χ1) is 6.07. The van der Waals surface area contributed by atoms with Crippen LogP contribution in [0, 0.1) is 5.82 Å². The molecular weight excluding hydrogens is 249 g/mol. The minimum absolute atomic E-state index is 0.0238. The summed E-state index contributed by atoms with van der Waals surface area (Å²) in [6, 6.07) is 0. The zero-order chi connectivity index (χ0) is 10.0. The first-order valence-corrected chi connectivity index (χ1v) is 4.18. The van der Waals surface area contributed by atoms with E-state index in [1.54, 1.807) is 0 Å². The monoisotopic (exact) mass is 254 g/mol. The van der Waals surface area contributed by atoms with E-state index in [2.05, 4.69) is 20.9 Å². The quantitative estimate of drug-likeness (QED) is 0.824. The molecule has 1 aromatic heterocycles. The van der Waals surface area contributed by atoms with Gasteiger partial charge in [0.2, 0.25) is 0 Å². The third-order valence-electron chi connectivity index (χ3n) is 1.54. The lowest BCUT2D eigenvalue weighted by Crippen LogP contribution is -2.06. The SMILES string of the molecule is NCc1cnc(Br)c(F)c1C(F)F. The van der Waals surface area contributed by atoms with Gasteiger partial charge in [-0.15, -0.1) is 0 Å². The number of hydrogen-bond acceptors (Lipinski definition) is 2. The van der Waals surface area contributed by atoms with Crippen LogP contribution in [0.4, 0.5) is 13.2 Å². The molecule has 6 heteroatoms. The van der Waals surface area contributed by atoms with Gasteiger partial charge in [0, 0.05) is 12.7 Å². The number of halogens is 4. The smallest absolute Gasteiger partial charge is 0.267 e. The van der Waals surface area contributed by atoms with Crippen LogP contribution in [0.25, 0.3) is 0 Å². The number of nitrogens with zero attached hydrogens (tertiary/aromatic N) is 1. The molecule has 0 saturated heterocycles. The summed E-state index contributed by atoms with van der Waals surface area (Å²) in [5.41, 5.74) is 4.50. The van der Waals surface area contributed by atoms with Crippen molar-refractivity contribution in [3.8, 4) is 0 Å². The normalized spacial score (nSPS) is 10.9. The number of nitrogens with two attached hydrogens (primary N) is 1. The lowest BCUT2D eigenvalue weighted by Gasteiger charge is -2.07. The highest BCUT2D eigenvalue weighted by Crippen LogP contribution is 2.28. The third-order valence-corrected chi connectivity index (χ3v) is 2.09. The average molecular weight is 255 g/mol. The van der Waals surface area contributed by atoms with Crippen LogP contribution in [0.5, 0.6) is 0 Å². The van der Waals surface area contributed by atoms with Crippen LogP contribution < -0.4 is 5.73 Å². The van der Waals surface area contributed by atoms with E-state index in [1.807, 2.05) is 0 Å². The fourth-order valence-corrected chi connectivity index (χ4v) is 1.23. The van der Waals surface area contributed by atoms with E-state index in [1.165, 1.54) is 0 Å². The van der Waals surface area contributed by atoms with Crippen LogP contribution in [-0.2, 0) is 6.54 Å². The summed E-state index contributed by atoms with van der Waals surface area (Å²) in [5.74, 6) is -1.04. The Bertz CT molecular complexity index is 317. The minimum atomic E-state index is -2.88. The van der Waals surface area contributed by atoms with Gasteiger partial charge in [-0.25, -0.2) is 18.2 Å². The first-order valence-electron chi connectivity index (χ1n) is 3.39. The Morgan fingerprint density at radius 2 is 2.15 bits per heavy atom. The van der Waals surface area contributed by atoms with Crippen LogP contribution in [0.2, 0.25) is 0 Å². The molecular formula is C7H6BrF3N2. The van der Waals surface area contributed by atoms with Gasteiger partial charge >= 0.3 is 0 Å². The van der Waals surface area contributed by atoms with Gasteiger partial charge in [-0.3, -0.25) is 0 Å². The Balaban J connectivity index is 3.32. The molecule has 0 unspecified atom stereocenters. The summed E-state index contributed by atoms with van der Waals surface area (Å²) in [6.07, 6.45) is -1.74. The van der Waals surface area contributed by atoms with Crippen molar-refractivity contribution in [3.63, 3.8) is 0 Å². The van der Waals surface area contributed by atoms with Crippen molar-refractivity contribution in [2.24, 2.45) is 5.73 Å². The maximum absolute atomic E-state index is 13.1. The highest BCUT2D eigenvalue weighted by atomic mass is 79.9. The minimum Gasteiger partial charge on any atom is -0.326 e. The molecule has 0 bridgehead atoms. The van der Waals surface area contributed by atoms with Crippen LogP contribution in [0.15, 0.2) is 10.8 Å². The van der Waals surface area contributed by atoms with Crippen molar-refractivity contribution >= 4 is 15.9 Å². The van der Waals surface area contributed by atoms with Crippen molar-refractivity contribution in [1.29, 1.82) is 0 Å². The maximum atomic E-state index is 13.1. The summed E-state index contributed by atoms with van der Waals surface area (Å²) in [4.78, 5) is 3.52. The van der Waals surface area contributed by atoms with Crippen LogP contribution in [0.1, 0.15) is 17.6 Å². The molecule has 0 atom stereocenters. The first kappa shape index (κ1) is 10.5. The van der Waals surface area contributed by atoms with Gasteiger partial charge in [0.15, 0.2) is 5.82 Å². The Hall–Kier alpha value is -0.620. The second-order valence-electron chi connectivity index (χ2n) is 2.31. The zero-order valence-electron chi connectivity index (χ0n) is 6.40. The molecule has 0 amide bonds. The maximum Gasteiger partial charge on any atom is 0.267 e. The molecule has 0 aliphatic carbocycles. The highest BCUT2D eigenvalue weighted by molar-refractivity contribution is 9.10. The molecule has 1 heterocycles. The Morgan fingerprint density at radius 3 is 2.62 bits per heavy atom. The largest absolute Gasteiger partial charge is 0.326 e. The van der Waals surface area contributed by atoms with E-state index in [-0.39, 0.29) is 16.7 Å². The highest BCUT2D eigenvalue weighted by Gasteiger charge is 2.20. The molecule has 0 saturated carbocycles. The summed E-state index contributed by atoms with van der Waals surface area (Å²) in [6.45, 7) is -0.156. The molecule has 2 nitrogen and oxygen atoms in total. The Kier molecular flexibility index (Phi) is 3.27. The third kappa shape index (κ3) is 2.00. The number of pyridine rings is 1. The predicted octanol–water partition coefficient (Wildman–Crippen LogP) is 2.38. The second kappa shape index (κ2) is 4.06. The van der Waals surface area contributed by atoms with Crippen molar-refractivity contribution in [1.82, 2.24) is 4.98 Å². The molecule has 1 rings (SSSR count). The van der Waals surface area contributed by atoms with Gasteiger partial charge in [-0.1, -0.05) is 0 Å². The molecule has 0 aromatic carbocycles. The number of aromatic nitrogens is 1. The van der Waals surface area contributed by atoms with Gasteiger partial charge in [-0.2, -0.15) is 0 Å². The standard InChI is InChI=1S/C7H6BrF3N2/c8-6-5(9)4(7(10)11)3(1-12)2-13-6/h2,7H,1,12H2. The molecule has 0 spiro atoms. The molecule has 0 aliphatic heterocycles. The number of hydrogen-bond donors (Lipinski definition) is 1. The van der Waals surface area contributed by atoms with E-state index in [9.17, 15) is 13.2 Å². The van der Waals surface area contributed by atoms with Crippen molar-refractivity contribution in [2.45, 2.75) is 13.0 Å². The van der Waals surface area contributed by atoms with E-state index >= 15 is 0 Å². The molecule has 1 aromatic rings. The van der Waals surface area contributed by atoms with Crippen LogP contribution in [-0.4, -0.2) is 4.98 Å². The average Bonchev–Trinajstić information content (AvgIpc) is 2.08. The van der Waals surface area contributed by atoms with E-state index in [0.717, 1.165) is 6.20 Å². The molecule has 13 heavy (non-hydrogen) atoms. The fraction of sp³-hybridized carbons (Fsp3) is 0.286. The van der Waals surface area contributed by atoms with E-state index < -0.39 is 17.8 Å². The summed E-state index contributed by atoms with van der Waals surface area (Å²) in [7, 11) is 0. The van der Waals surface area contributed by atoms with Gasteiger partial charge < -0.3 is 5.73 Å². The van der Waals surface area contributed by atoms with E-state index in [4.69, 9.17) is 5.73 Å². The number of rotatable bonds is 2. The summed E-state index contributed by atoms with van der Waals surface area (Å²) < 4.78 is 37.5. The van der Waals surface area contributed by atoms with Crippen molar-refractivity contribution in [2.75, 3.05) is 0 Å². The molecule has 0 aliphatic rings. The lowest BCUT2D eigenvalue weighted by molar-refractivity contribution is 0.144. The molecule has 2 N–H and O–H groups in total. The Morgan fingerprint density at radius 1 is 1.54 bits per heavy atom. The molecule has 0 radical (unpaired) electrons. The topological polar surface area (TPSA) is 38.9 Å². The fourth-order valence-electron chi connectivity index (χ4n) is 0.911. The van der Waals surface area contributed by atoms with Crippen molar-refractivity contribution < 1.29 is 13.2 Å². The Labute approximate surface area is 81.1 Å². The van der Waals surface area contributed by atoms with Crippen LogP contribution >= 0.6 is 15.9 Å². The molecule has 72 valence electrons. The lowest BCUT2D eigenvalue weighted by atomic mass is 10.1. The zero-order valence-corrected chi connectivity index (χ0v) is 7.98. The summed E-state index contributed by atoms with van der Waals surface area (Å²) in [5, 5.41) is 0. The summed E-state index contributed by atoms with van der Waals surface area (Å²) >= 11 is 2.72. The van der Waals surface area contributed by atoms with Gasteiger partial charge in [0.25, 0.3) is 6.43 Å².